The molecule has 30 heavy (non-hydrogen) atoms. The number of hydrogen-bond donors (Lipinski definition) is 1. The number of carbonyl (C=O) groups is 1. The number of aryl methyl sites for hydroxylation is 1. The molecule has 0 spiro atoms. The lowest BCUT2D eigenvalue weighted by Crippen LogP contribution is -2.12. The minimum Gasteiger partial charge on any atom is -0.309 e. The van der Waals surface area contributed by atoms with E-state index in [0.717, 1.165) is 53.8 Å². The highest BCUT2D eigenvalue weighted by atomic mass is 32.2. The van der Waals surface area contributed by atoms with Gasteiger partial charge in [0.15, 0.2) is 5.16 Å². The first-order chi connectivity index (χ1) is 14.7. The first-order valence-corrected chi connectivity index (χ1v) is 11.5. The number of aliphatic imine (C=N–C) groups is 1. The summed E-state index contributed by atoms with van der Waals surface area (Å²) < 4.78 is 0. The Kier molecular flexibility index (Phi) is 5.37. The fourth-order valence-electron chi connectivity index (χ4n) is 3.52. The van der Waals surface area contributed by atoms with Crippen LogP contribution in [0.15, 0.2) is 51.0 Å². The zero-order chi connectivity index (χ0) is 20.5. The fraction of sp³-hybridized carbons (Fsp3) is 0.435. The number of anilines is 1. The molecule has 7 heteroatoms. The molecule has 1 N–H and O–H groups in total. The van der Waals surface area contributed by atoms with Crippen molar-refractivity contribution in [1.29, 1.82) is 0 Å². The van der Waals surface area contributed by atoms with Gasteiger partial charge in [0.25, 0.3) is 0 Å². The molecule has 2 fully saturated rings. The number of aromatic nitrogens is 3. The lowest BCUT2D eigenvalue weighted by Gasteiger charge is -2.08. The van der Waals surface area contributed by atoms with Crippen LogP contribution in [-0.2, 0) is 17.6 Å². The minimum absolute atomic E-state index is 0.308. The van der Waals surface area contributed by atoms with E-state index in [1.165, 1.54) is 30.2 Å². The van der Waals surface area contributed by atoms with Crippen molar-refractivity contribution >= 4 is 29.3 Å². The van der Waals surface area contributed by atoms with Crippen molar-refractivity contribution in [3.05, 3.63) is 47.3 Å². The minimum atomic E-state index is 0.308. The predicted octanol–water partition coefficient (Wildman–Crippen LogP) is 4.27. The zero-order valence-electron chi connectivity index (χ0n) is 17.1. The van der Waals surface area contributed by atoms with Crippen LogP contribution in [0.1, 0.15) is 44.0 Å². The van der Waals surface area contributed by atoms with Gasteiger partial charge in [-0.05, 0) is 72.7 Å². The molecule has 3 aliphatic rings. The molecule has 0 atom stereocenters. The van der Waals surface area contributed by atoms with E-state index in [1.54, 1.807) is 0 Å². The van der Waals surface area contributed by atoms with Crippen LogP contribution in [0.4, 0.5) is 5.95 Å². The van der Waals surface area contributed by atoms with Gasteiger partial charge >= 0.3 is 0 Å². The van der Waals surface area contributed by atoms with Crippen LogP contribution >= 0.6 is 11.8 Å². The third-order valence-corrected chi connectivity index (χ3v) is 6.49. The van der Waals surface area contributed by atoms with Gasteiger partial charge in [-0.1, -0.05) is 19.1 Å². The second-order valence-corrected chi connectivity index (χ2v) is 9.24. The average molecular weight is 420 g/mol. The summed E-state index contributed by atoms with van der Waals surface area (Å²) in [5.74, 6) is 3.54. The second-order valence-electron chi connectivity index (χ2n) is 8.19. The van der Waals surface area contributed by atoms with Crippen molar-refractivity contribution < 1.29 is 4.79 Å². The van der Waals surface area contributed by atoms with Crippen molar-refractivity contribution in [1.82, 2.24) is 15.0 Å². The lowest BCUT2D eigenvalue weighted by molar-refractivity contribution is -0.119. The Morgan fingerprint density at radius 1 is 1.10 bits per heavy atom. The zero-order valence-corrected chi connectivity index (χ0v) is 17.9. The van der Waals surface area contributed by atoms with Gasteiger partial charge in [-0.3, -0.25) is 9.79 Å². The predicted molar refractivity (Wildman–Crippen MR) is 118 cm³/mol. The summed E-state index contributed by atoms with van der Waals surface area (Å²) in [7, 11) is 0. The van der Waals surface area contributed by atoms with Crippen LogP contribution in [0, 0.1) is 11.8 Å². The maximum Gasteiger partial charge on any atom is 0.232 e. The average Bonchev–Trinajstić information content (AvgIpc) is 3.67. The van der Waals surface area contributed by atoms with Gasteiger partial charge in [-0.15, -0.1) is 0 Å². The van der Waals surface area contributed by atoms with E-state index in [4.69, 9.17) is 0 Å². The van der Waals surface area contributed by atoms with Crippen LogP contribution in [0.3, 0.4) is 0 Å². The summed E-state index contributed by atoms with van der Waals surface area (Å²) >= 11 is 1.51. The second kappa shape index (κ2) is 8.30. The molecule has 0 bridgehead atoms. The molecule has 2 saturated carbocycles. The topological polar surface area (TPSA) is 80.1 Å². The van der Waals surface area contributed by atoms with Crippen LogP contribution in [-0.4, -0.2) is 33.1 Å². The molecule has 154 valence electrons. The molecule has 0 saturated heterocycles. The number of benzene rings is 1. The molecule has 2 aliphatic carbocycles. The Balaban J connectivity index is 1.27. The molecule has 1 aromatic carbocycles. The van der Waals surface area contributed by atoms with Gasteiger partial charge in [0.1, 0.15) is 17.4 Å². The molecule has 0 unspecified atom stereocenters. The maximum atomic E-state index is 12.0. The Morgan fingerprint density at radius 2 is 1.90 bits per heavy atom. The third-order valence-electron chi connectivity index (χ3n) is 5.62. The van der Waals surface area contributed by atoms with E-state index in [2.05, 4.69) is 31.3 Å². The molecule has 0 amide bonds. The number of Topliss-reactive ketones (excluding diaryl/α,β-unsaturated/α-hetero) is 1. The molecule has 1 aromatic heterocycles. The molecule has 6 nitrogen and oxygen atoms in total. The van der Waals surface area contributed by atoms with Crippen molar-refractivity contribution in [2.75, 3.05) is 11.9 Å². The molecular weight excluding hydrogens is 394 g/mol. The summed E-state index contributed by atoms with van der Waals surface area (Å²) in [5, 5.41) is 3.93. The maximum absolute atomic E-state index is 12.0. The van der Waals surface area contributed by atoms with Crippen molar-refractivity contribution in [2.24, 2.45) is 16.8 Å². The lowest BCUT2D eigenvalue weighted by atomic mass is 10.1. The monoisotopic (exact) mass is 419 g/mol. The first kappa shape index (κ1) is 19.4. The molecular formula is C23H25N5OS. The smallest absolute Gasteiger partial charge is 0.232 e. The first-order valence-electron chi connectivity index (χ1n) is 10.7. The fourth-order valence-corrected chi connectivity index (χ4v) is 4.29. The van der Waals surface area contributed by atoms with E-state index < -0.39 is 0 Å². The summed E-state index contributed by atoms with van der Waals surface area (Å²) in [6.45, 7) is 2.83. The third kappa shape index (κ3) is 4.78. The Labute approximate surface area is 180 Å². The van der Waals surface area contributed by atoms with E-state index >= 15 is 0 Å². The number of ketones is 1. The van der Waals surface area contributed by atoms with Gasteiger partial charge in [0, 0.05) is 23.7 Å². The number of nitrogens with zero attached hydrogens (tertiary/aromatic N) is 4. The van der Waals surface area contributed by atoms with Crippen molar-refractivity contribution in [3.63, 3.8) is 0 Å². The summed E-state index contributed by atoms with van der Waals surface area (Å²) in [6, 6.07) is 8.13. The van der Waals surface area contributed by atoms with Crippen LogP contribution in [0.5, 0.6) is 0 Å². The normalized spacial score (nSPS) is 18.2. The Hall–Kier alpha value is -2.54. The van der Waals surface area contributed by atoms with Gasteiger partial charge < -0.3 is 5.32 Å². The van der Waals surface area contributed by atoms with Gasteiger partial charge in [0.05, 0.1) is 6.54 Å². The number of nitrogens with one attached hydrogen (secondary N) is 1. The van der Waals surface area contributed by atoms with Crippen molar-refractivity contribution in [3.8, 4) is 0 Å². The molecule has 2 heterocycles. The number of carbonyl (C=O) groups excluding carboxylic acids is 1. The van der Waals surface area contributed by atoms with E-state index in [9.17, 15) is 4.79 Å². The highest BCUT2D eigenvalue weighted by Crippen LogP contribution is 2.38. The van der Waals surface area contributed by atoms with Gasteiger partial charge in [-0.2, -0.15) is 9.97 Å². The van der Waals surface area contributed by atoms with E-state index in [0.29, 0.717) is 29.2 Å². The highest BCUT2D eigenvalue weighted by molar-refractivity contribution is 7.99. The summed E-state index contributed by atoms with van der Waals surface area (Å²) in [4.78, 5) is 31.3. The van der Waals surface area contributed by atoms with E-state index in [-0.39, 0.29) is 0 Å². The molecule has 2 aromatic rings. The number of amidine groups is 1. The summed E-state index contributed by atoms with van der Waals surface area (Å²) in [6.07, 6.45) is 8.11. The SMILES string of the molecule is CCc1nc(NC2=NCC(C3CC3)=C2)nc(Sc2ccc(CC(=O)C3CC3)cc2)n1. The number of rotatable bonds is 8. The summed E-state index contributed by atoms with van der Waals surface area (Å²) in [5.41, 5.74) is 2.48. The standard InChI is InChI=1S/C23H25N5OS/c1-2-20-25-22(26-21-12-17(13-24-21)15-5-6-15)28-23(27-20)30-18-9-3-14(4-10-18)11-19(29)16-7-8-16/h3-4,9-10,12,15-16H,2,5-8,11,13H2,1H3,(H,24,25,26,27,28). The molecule has 0 radical (unpaired) electrons. The van der Waals surface area contributed by atoms with Gasteiger partial charge in [0.2, 0.25) is 5.95 Å². The van der Waals surface area contributed by atoms with Crippen LogP contribution in [0.25, 0.3) is 0 Å². The largest absolute Gasteiger partial charge is 0.309 e. The Bertz CT molecular complexity index is 1020. The Morgan fingerprint density at radius 3 is 2.60 bits per heavy atom. The number of hydrogen-bond acceptors (Lipinski definition) is 7. The molecule has 5 rings (SSSR count). The van der Waals surface area contributed by atoms with Crippen LogP contribution < -0.4 is 5.32 Å². The molecule has 1 aliphatic heterocycles. The van der Waals surface area contributed by atoms with Crippen LogP contribution in [0.2, 0.25) is 0 Å². The highest BCUT2D eigenvalue weighted by Gasteiger charge is 2.29. The van der Waals surface area contributed by atoms with E-state index in [1.807, 2.05) is 31.2 Å². The van der Waals surface area contributed by atoms with Gasteiger partial charge in [-0.25, -0.2) is 4.98 Å². The van der Waals surface area contributed by atoms with Crippen molar-refractivity contribution in [2.45, 2.75) is 55.5 Å². The quantitative estimate of drug-likeness (QED) is 0.688.